The number of rotatable bonds is 4. The van der Waals surface area contributed by atoms with E-state index < -0.39 is 0 Å². The molecule has 1 fully saturated rings. The zero-order valence-electron chi connectivity index (χ0n) is 8.84. The Balaban J connectivity index is 2.52. The van der Waals surface area contributed by atoms with Crippen molar-refractivity contribution in [1.82, 2.24) is 5.32 Å². The topological polar surface area (TPSA) is 12.0 Å². The van der Waals surface area contributed by atoms with E-state index in [0.717, 1.165) is 0 Å². The Hall–Kier alpha value is -0.560. The second kappa shape index (κ2) is 5.23. The van der Waals surface area contributed by atoms with Crippen LogP contribution in [0.3, 0.4) is 0 Å². The van der Waals surface area contributed by atoms with Crippen LogP contribution < -0.4 is 5.32 Å². The molecule has 1 aliphatic rings. The van der Waals surface area contributed by atoms with Crippen LogP contribution in [0.5, 0.6) is 0 Å². The number of allylic oxidation sites excluding steroid dienone is 2. The molecule has 0 aromatic rings. The summed E-state index contributed by atoms with van der Waals surface area (Å²) in [5, 5.41) is 3.64. The second-order valence-corrected chi connectivity index (χ2v) is 3.86. The lowest BCUT2D eigenvalue weighted by Crippen LogP contribution is -2.38. The van der Waals surface area contributed by atoms with Gasteiger partial charge in [-0.25, -0.2) is 0 Å². The first-order chi connectivity index (χ1) is 6.33. The Kier molecular flexibility index (Phi) is 4.23. The van der Waals surface area contributed by atoms with E-state index >= 15 is 0 Å². The molecule has 0 aromatic heterocycles. The Labute approximate surface area is 81.9 Å². The van der Waals surface area contributed by atoms with Gasteiger partial charge in [-0.15, -0.1) is 0 Å². The first-order valence-corrected chi connectivity index (χ1v) is 5.30. The van der Waals surface area contributed by atoms with Crippen LogP contribution in [0.1, 0.15) is 39.5 Å². The van der Waals surface area contributed by atoms with Crippen molar-refractivity contribution in [1.29, 1.82) is 0 Å². The molecule has 0 amide bonds. The maximum atomic E-state index is 3.64. The fourth-order valence-electron chi connectivity index (χ4n) is 1.99. The monoisotopic (exact) mass is 179 g/mol. The van der Waals surface area contributed by atoms with E-state index in [9.17, 15) is 0 Å². The van der Waals surface area contributed by atoms with Gasteiger partial charge in [0.15, 0.2) is 0 Å². The molecule has 0 radical (unpaired) electrons. The third-order valence-corrected chi connectivity index (χ3v) is 2.82. The van der Waals surface area contributed by atoms with E-state index in [1.54, 1.807) is 0 Å². The molecule has 0 bridgehead atoms. The molecular formula is C12H21N. The molecule has 1 heterocycles. The first-order valence-electron chi connectivity index (χ1n) is 5.30. The van der Waals surface area contributed by atoms with Crippen molar-refractivity contribution >= 4 is 0 Å². The van der Waals surface area contributed by atoms with Gasteiger partial charge in [0.1, 0.15) is 0 Å². The predicted octanol–water partition coefficient (Wildman–Crippen LogP) is 3.04. The van der Waals surface area contributed by atoms with Crippen LogP contribution in [-0.4, -0.2) is 12.1 Å². The molecule has 0 spiro atoms. The Morgan fingerprint density at radius 1 is 1.15 bits per heavy atom. The molecule has 0 atom stereocenters. The normalized spacial score (nSPS) is 29.4. The van der Waals surface area contributed by atoms with Crippen molar-refractivity contribution in [3.05, 3.63) is 24.3 Å². The van der Waals surface area contributed by atoms with Gasteiger partial charge in [-0.05, 0) is 46.1 Å². The predicted molar refractivity (Wildman–Crippen MR) is 58.8 cm³/mol. The van der Waals surface area contributed by atoms with Crippen LogP contribution in [0.15, 0.2) is 24.3 Å². The SMILES string of the molecule is CC=CCC1(CC=CC)CCCN1. The summed E-state index contributed by atoms with van der Waals surface area (Å²) in [6, 6.07) is 0. The van der Waals surface area contributed by atoms with Gasteiger partial charge in [-0.2, -0.15) is 0 Å². The highest BCUT2D eigenvalue weighted by molar-refractivity contribution is 5.03. The van der Waals surface area contributed by atoms with Crippen LogP contribution in [0.4, 0.5) is 0 Å². The Morgan fingerprint density at radius 2 is 1.77 bits per heavy atom. The largest absolute Gasteiger partial charge is 0.311 e. The molecule has 1 rings (SSSR count). The summed E-state index contributed by atoms with van der Waals surface area (Å²) in [6.45, 7) is 5.38. The van der Waals surface area contributed by atoms with Crippen molar-refractivity contribution in [2.75, 3.05) is 6.54 Å². The van der Waals surface area contributed by atoms with E-state index in [1.165, 1.54) is 32.2 Å². The zero-order chi connectivity index (χ0) is 9.57. The molecule has 13 heavy (non-hydrogen) atoms. The van der Waals surface area contributed by atoms with Crippen LogP contribution in [0.25, 0.3) is 0 Å². The molecule has 0 aromatic carbocycles. The standard InChI is InChI=1S/C12H21N/c1-3-5-8-12(9-6-4-2)10-7-11-13-12/h3-6,13H,7-11H2,1-2H3. The van der Waals surface area contributed by atoms with E-state index in [1.807, 2.05) is 0 Å². The smallest absolute Gasteiger partial charge is 0.0250 e. The molecule has 1 N–H and O–H groups in total. The van der Waals surface area contributed by atoms with Gasteiger partial charge in [0.2, 0.25) is 0 Å². The lowest BCUT2D eigenvalue weighted by atomic mass is 9.89. The third kappa shape index (κ3) is 3.00. The Bertz CT molecular complexity index is 169. The fourth-order valence-corrected chi connectivity index (χ4v) is 1.99. The lowest BCUT2D eigenvalue weighted by Gasteiger charge is -2.26. The fraction of sp³-hybridized carbons (Fsp3) is 0.667. The van der Waals surface area contributed by atoms with Gasteiger partial charge in [-0.1, -0.05) is 24.3 Å². The van der Waals surface area contributed by atoms with E-state index in [-0.39, 0.29) is 0 Å². The molecule has 0 saturated carbocycles. The average Bonchev–Trinajstić information content (AvgIpc) is 2.61. The van der Waals surface area contributed by atoms with Crippen LogP contribution in [0, 0.1) is 0 Å². The maximum Gasteiger partial charge on any atom is 0.0250 e. The molecule has 1 nitrogen and oxygen atoms in total. The molecular weight excluding hydrogens is 158 g/mol. The third-order valence-electron chi connectivity index (χ3n) is 2.82. The van der Waals surface area contributed by atoms with Gasteiger partial charge in [0.25, 0.3) is 0 Å². The van der Waals surface area contributed by atoms with Gasteiger partial charge >= 0.3 is 0 Å². The summed E-state index contributed by atoms with van der Waals surface area (Å²) in [5.74, 6) is 0. The molecule has 74 valence electrons. The summed E-state index contributed by atoms with van der Waals surface area (Å²) in [4.78, 5) is 0. The molecule has 1 saturated heterocycles. The summed E-state index contributed by atoms with van der Waals surface area (Å²) in [6.07, 6.45) is 13.9. The number of nitrogens with one attached hydrogen (secondary N) is 1. The minimum atomic E-state index is 0.374. The van der Waals surface area contributed by atoms with Crippen molar-refractivity contribution < 1.29 is 0 Å². The minimum Gasteiger partial charge on any atom is -0.311 e. The van der Waals surface area contributed by atoms with E-state index in [0.29, 0.717) is 5.54 Å². The molecule has 0 unspecified atom stereocenters. The van der Waals surface area contributed by atoms with E-state index in [4.69, 9.17) is 0 Å². The van der Waals surface area contributed by atoms with E-state index in [2.05, 4.69) is 43.5 Å². The number of hydrogen-bond acceptors (Lipinski definition) is 1. The van der Waals surface area contributed by atoms with Crippen LogP contribution in [0.2, 0.25) is 0 Å². The number of hydrogen-bond donors (Lipinski definition) is 1. The summed E-state index contributed by atoms with van der Waals surface area (Å²) < 4.78 is 0. The summed E-state index contributed by atoms with van der Waals surface area (Å²) >= 11 is 0. The highest BCUT2D eigenvalue weighted by Crippen LogP contribution is 2.27. The zero-order valence-corrected chi connectivity index (χ0v) is 8.84. The Morgan fingerprint density at radius 3 is 2.15 bits per heavy atom. The van der Waals surface area contributed by atoms with Gasteiger partial charge < -0.3 is 5.32 Å². The van der Waals surface area contributed by atoms with Crippen molar-refractivity contribution in [2.45, 2.75) is 45.1 Å². The van der Waals surface area contributed by atoms with Crippen molar-refractivity contribution in [3.8, 4) is 0 Å². The minimum absolute atomic E-state index is 0.374. The molecule has 1 heteroatoms. The second-order valence-electron chi connectivity index (χ2n) is 3.86. The lowest BCUT2D eigenvalue weighted by molar-refractivity contribution is 0.383. The van der Waals surface area contributed by atoms with Gasteiger partial charge in [-0.3, -0.25) is 0 Å². The summed E-state index contributed by atoms with van der Waals surface area (Å²) in [5.41, 5.74) is 0.374. The quantitative estimate of drug-likeness (QED) is 0.654. The molecule has 1 aliphatic heterocycles. The van der Waals surface area contributed by atoms with Crippen LogP contribution in [-0.2, 0) is 0 Å². The van der Waals surface area contributed by atoms with Crippen molar-refractivity contribution in [3.63, 3.8) is 0 Å². The molecule has 0 aliphatic carbocycles. The van der Waals surface area contributed by atoms with Gasteiger partial charge in [0.05, 0.1) is 0 Å². The highest BCUT2D eigenvalue weighted by Gasteiger charge is 2.30. The summed E-state index contributed by atoms with van der Waals surface area (Å²) in [7, 11) is 0. The first kappa shape index (κ1) is 10.5. The van der Waals surface area contributed by atoms with Gasteiger partial charge in [0, 0.05) is 5.54 Å². The maximum absolute atomic E-state index is 3.64. The highest BCUT2D eigenvalue weighted by atomic mass is 15.0. The van der Waals surface area contributed by atoms with Crippen LogP contribution >= 0.6 is 0 Å². The van der Waals surface area contributed by atoms with Crippen molar-refractivity contribution in [2.24, 2.45) is 0 Å². The average molecular weight is 179 g/mol.